The highest BCUT2D eigenvalue weighted by Crippen LogP contribution is 2.37. The lowest BCUT2D eigenvalue weighted by atomic mass is 9.91. The first-order chi connectivity index (χ1) is 7.90. The Labute approximate surface area is 96.9 Å². The Morgan fingerprint density at radius 3 is 3.00 bits per heavy atom. The maximum Gasteiger partial charge on any atom is 0.0459 e. The molecule has 84 valence electrons. The van der Waals surface area contributed by atoms with Gasteiger partial charge in [-0.15, -0.1) is 0 Å². The summed E-state index contributed by atoms with van der Waals surface area (Å²) in [7, 11) is 0. The topological polar surface area (TPSA) is 15.8 Å². The molecule has 1 aliphatic rings. The predicted octanol–water partition coefficient (Wildman–Crippen LogP) is 4.39. The zero-order valence-corrected chi connectivity index (χ0v) is 9.92. The van der Waals surface area contributed by atoms with Crippen LogP contribution < -0.4 is 0 Å². The zero-order valence-electron chi connectivity index (χ0n) is 9.92. The van der Waals surface area contributed by atoms with Gasteiger partial charge in [0, 0.05) is 16.6 Å². The summed E-state index contributed by atoms with van der Waals surface area (Å²) in [6.45, 7) is 2.32. The summed E-state index contributed by atoms with van der Waals surface area (Å²) in [5, 5.41) is 1.46. The van der Waals surface area contributed by atoms with Crippen molar-refractivity contribution in [3.63, 3.8) is 0 Å². The SMILES string of the molecule is CCC1CCCCc2[nH]c3ccccc3c21. The Hall–Kier alpha value is -1.24. The summed E-state index contributed by atoms with van der Waals surface area (Å²) in [6.07, 6.45) is 6.60. The largest absolute Gasteiger partial charge is 0.358 e. The fourth-order valence-electron chi connectivity index (χ4n) is 3.13. The quantitative estimate of drug-likeness (QED) is 0.676. The second-order valence-electron chi connectivity index (χ2n) is 4.91. The molecule has 0 aliphatic heterocycles. The molecule has 1 atom stereocenters. The van der Waals surface area contributed by atoms with Crippen LogP contribution >= 0.6 is 0 Å². The molecule has 1 aliphatic carbocycles. The van der Waals surface area contributed by atoms with Gasteiger partial charge in [0.25, 0.3) is 0 Å². The average molecular weight is 213 g/mol. The lowest BCUT2D eigenvalue weighted by Gasteiger charge is -2.12. The number of hydrogen-bond acceptors (Lipinski definition) is 0. The molecule has 0 fully saturated rings. The maximum absolute atomic E-state index is 3.62. The van der Waals surface area contributed by atoms with Crippen LogP contribution in [0.5, 0.6) is 0 Å². The van der Waals surface area contributed by atoms with Gasteiger partial charge in [0.2, 0.25) is 0 Å². The van der Waals surface area contributed by atoms with Crippen molar-refractivity contribution in [1.82, 2.24) is 4.98 Å². The molecule has 0 bridgehead atoms. The van der Waals surface area contributed by atoms with E-state index >= 15 is 0 Å². The smallest absolute Gasteiger partial charge is 0.0459 e. The molecule has 0 saturated carbocycles. The van der Waals surface area contributed by atoms with Gasteiger partial charge in [-0.1, -0.05) is 31.5 Å². The summed E-state index contributed by atoms with van der Waals surface area (Å²) in [6, 6.07) is 8.77. The number of aromatic amines is 1. The number of benzene rings is 1. The van der Waals surface area contributed by atoms with Crippen LogP contribution in [0.15, 0.2) is 24.3 Å². The van der Waals surface area contributed by atoms with Gasteiger partial charge >= 0.3 is 0 Å². The third-order valence-electron chi connectivity index (χ3n) is 3.96. The third-order valence-corrected chi connectivity index (χ3v) is 3.96. The van der Waals surface area contributed by atoms with Gasteiger partial charge in [-0.3, -0.25) is 0 Å². The molecule has 1 heteroatoms. The van der Waals surface area contributed by atoms with E-state index in [1.54, 1.807) is 5.56 Å². The van der Waals surface area contributed by atoms with E-state index in [4.69, 9.17) is 0 Å². The van der Waals surface area contributed by atoms with Crippen LogP contribution in [-0.4, -0.2) is 4.98 Å². The molecule has 16 heavy (non-hydrogen) atoms. The second-order valence-corrected chi connectivity index (χ2v) is 4.91. The number of aryl methyl sites for hydroxylation is 1. The van der Waals surface area contributed by atoms with E-state index in [9.17, 15) is 0 Å². The molecule has 1 N–H and O–H groups in total. The van der Waals surface area contributed by atoms with Crippen molar-refractivity contribution < 1.29 is 0 Å². The highest BCUT2D eigenvalue weighted by atomic mass is 14.7. The summed E-state index contributed by atoms with van der Waals surface area (Å²) < 4.78 is 0. The minimum atomic E-state index is 0.772. The lowest BCUT2D eigenvalue weighted by Crippen LogP contribution is -1.96. The monoisotopic (exact) mass is 213 g/mol. The van der Waals surface area contributed by atoms with Crippen molar-refractivity contribution in [3.8, 4) is 0 Å². The van der Waals surface area contributed by atoms with Crippen LogP contribution in [-0.2, 0) is 6.42 Å². The molecule has 2 aromatic rings. The van der Waals surface area contributed by atoms with Crippen molar-refractivity contribution in [2.24, 2.45) is 0 Å². The number of para-hydroxylation sites is 1. The van der Waals surface area contributed by atoms with Crippen LogP contribution in [0.25, 0.3) is 10.9 Å². The fraction of sp³-hybridized carbons (Fsp3) is 0.467. The molecule has 0 saturated heterocycles. The molecule has 0 radical (unpaired) electrons. The first-order valence-electron chi connectivity index (χ1n) is 6.49. The summed E-state index contributed by atoms with van der Waals surface area (Å²) >= 11 is 0. The molecule has 1 heterocycles. The number of fused-ring (bicyclic) bond motifs is 3. The Bertz CT molecular complexity index is 495. The number of hydrogen-bond donors (Lipinski definition) is 1. The van der Waals surface area contributed by atoms with E-state index < -0.39 is 0 Å². The second kappa shape index (κ2) is 3.97. The molecule has 1 nitrogen and oxygen atoms in total. The minimum absolute atomic E-state index is 0.772. The highest BCUT2D eigenvalue weighted by molar-refractivity contribution is 5.85. The Kier molecular flexibility index (Phi) is 2.47. The van der Waals surface area contributed by atoms with Crippen molar-refractivity contribution in [1.29, 1.82) is 0 Å². The molecule has 3 rings (SSSR count). The molecule has 1 unspecified atom stereocenters. The molecule has 1 aromatic carbocycles. The highest BCUT2D eigenvalue weighted by Gasteiger charge is 2.21. The first-order valence-corrected chi connectivity index (χ1v) is 6.49. The van der Waals surface area contributed by atoms with Gasteiger partial charge < -0.3 is 4.98 Å². The normalized spacial score (nSPS) is 20.7. The summed E-state index contributed by atoms with van der Waals surface area (Å²) in [4.78, 5) is 3.62. The van der Waals surface area contributed by atoms with Gasteiger partial charge in [-0.05, 0) is 43.2 Å². The number of aromatic nitrogens is 1. The predicted molar refractivity (Wildman–Crippen MR) is 68.9 cm³/mol. The van der Waals surface area contributed by atoms with Crippen LogP contribution in [0.3, 0.4) is 0 Å². The zero-order chi connectivity index (χ0) is 11.0. The maximum atomic E-state index is 3.62. The molecular formula is C15H19N. The van der Waals surface area contributed by atoms with Crippen molar-refractivity contribution in [2.45, 2.75) is 44.9 Å². The van der Waals surface area contributed by atoms with E-state index in [1.807, 2.05) is 0 Å². The standard InChI is InChI=1S/C15H19N/c1-2-11-7-3-5-10-14-15(11)12-8-4-6-9-13(12)16-14/h4,6,8-9,11,16H,2-3,5,7,10H2,1H3. The molecular weight excluding hydrogens is 194 g/mol. The van der Waals surface area contributed by atoms with E-state index in [0.29, 0.717) is 0 Å². The van der Waals surface area contributed by atoms with Gasteiger partial charge in [-0.25, -0.2) is 0 Å². The fourth-order valence-corrected chi connectivity index (χ4v) is 3.13. The minimum Gasteiger partial charge on any atom is -0.358 e. The van der Waals surface area contributed by atoms with Crippen LogP contribution in [0.2, 0.25) is 0 Å². The third kappa shape index (κ3) is 1.46. The van der Waals surface area contributed by atoms with Gasteiger partial charge in [0.15, 0.2) is 0 Å². The Morgan fingerprint density at radius 2 is 2.12 bits per heavy atom. The van der Waals surface area contributed by atoms with Gasteiger partial charge in [-0.2, -0.15) is 0 Å². The average Bonchev–Trinajstić information content (AvgIpc) is 2.56. The van der Waals surface area contributed by atoms with E-state index in [-0.39, 0.29) is 0 Å². The van der Waals surface area contributed by atoms with Gasteiger partial charge in [0.05, 0.1) is 0 Å². The van der Waals surface area contributed by atoms with Crippen molar-refractivity contribution in [2.75, 3.05) is 0 Å². The van der Waals surface area contributed by atoms with E-state index in [2.05, 4.69) is 36.2 Å². The number of H-pyrrole nitrogens is 1. The summed E-state index contributed by atoms with van der Waals surface area (Å²) in [5.74, 6) is 0.772. The molecule has 1 aromatic heterocycles. The van der Waals surface area contributed by atoms with Crippen LogP contribution in [0.4, 0.5) is 0 Å². The van der Waals surface area contributed by atoms with Gasteiger partial charge in [0.1, 0.15) is 0 Å². The molecule has 0 amide bonds. The van der Waals surface area contributed by atoms with Crippen molar-refractivity contribution >= 4 is 10.9 Å². The van der Waals surface area contributed by atoms with Crippen molar-refractivity contribution in [3.05, 3.63) is 35.5 Å². The lowest BCUT2D eigenvalue weighted by molar-refractivity contribution is 0.584. The number of rotatable bonds is 1. The molecule has 0 spiro atoms. The first kappa shape index (κ1) is 9.95. The Balaban J connectivity index is 2.23. The van der Waals surface area contributed by atoms with E-state index in [1.165, 1.54) is 48.7 Å². The number of nitrogens with one attached hydrogen (secondary N) is 1. The van der Waals surface area contributed by atoms with Crippen LogP contribution in [0, 0.1) is 0 Å². The Morgan fingerprint density at radius 1 is 1.25 bits per heavy atom. The van der Waals surface area contributed by atoms with Crippen LogP contribution in [0.1, 0.15) is 49.8 Å². The van der Waals surface area contributed by atoms with E-state index in [0.717, 1.165) is 5.92 Å². The summed E-state index contributed by atoms with van der Waals surface area (Å²) in [5.41, 5.74) is 4.45.